The number of hydrogen-bond acceptors (Lipinski definition) is 4. The Bertz CT molecular complexity index is 771. The van der Waals surface area contributed by atoms with Crippen LogP contribution in [0, 0.1) is 6.92 Å². The van der Waals surface area contributed by atoms with Crippen molar-refractivity contribution >= 4 is 28.1 Å². The molecule has 3 aromatic rings. The van der Waals surface area contributed by atoms with Gasteiger partial charge in [0.05, 0.1) is 5.69 Å². The van der Waals surface area contributed by atoms with Crippen molar-refractivity contribution in [3.05, 3.63) is 47.1 Å². The third-order valence-corrected chi connectivity index (χ3v) is 5.71. The second kappa shape index (κ2) is 5.48. The molecule has 0 atom stereocenters. The van der Waals surface area contributed by atoms with E-state index in [0.717, 1.165) is 16.5 Å². The first-order valence-electron chi connectivity index (χ1n) is 7.22. The zero-order chi connectivity index (χ0) is 14.2. The largest absolute Gasteiger partial charge is 0.308 e. The quantitative estimate of drug-likeness (QED) is 0.768. The highest BCUT2D eigenvalue weighted by atomic mass is 32.2. The minimum atomic E-state index is 0.713. The summed E-state index contributed by atoms with van der Waals surface area (Å²) in [6, 6.07) is 9.22. The monoisotopic (exact) mass is 315 g/mol. The average Bonchev–Trinajstić information content (AvgIpc) is 3.10. The molecule has 0 spiro atoms. The summed E-state index contributed by atoms with van der Waals surface area (Å²) >= 11 is 3.48. The molecule has 1 aliphatic rings. The summed E-state index contributed by atoms with van der Waals surface area (Å²) in [6.45, 7) is 3.06. The summed E-state index contributed by atoms with van der Waals surface area (Å²) in [5.41, 5.74) is 2.59. The smallest absolute Gasteiger partial charge is 0.194 e. The Labute approximate surface area is 132 Å². The highest BCUT2D eigenvalue weighted by Gasteiger charge is 2.22. The summed E-state index contributed by atoms with van der Waals surface area (Å²) in [5, 5.41) is 6.84. The number of hydrogen-bond donors (Lipinski definition) is 1. The van der Waals surface area contributed by atoms with Crippen molar-refractivity contribution in [2.75, 3.05) is 0 Å². The van der Waals surface area contributed by atoms with Crippen LogP contribution in [0.25, 0.3) is 4.96 Å². The minimum Gasteiger partial charge on any atom is -0.308 e. The molecule has 1 saturated carbocycles. The number of thiazole rings is 1. The van der Waals surface area contributed by atoms with Crippen LogP contribution in [0.5, 0.6) is 0 Å². The number of benzene rings is 1. The van der Waals surface area contributed by atoms with Crippen molar-refractivity contribution in [1.82, 2.24) is 14.7 Å². The molecule has 5 heteroatoms. The van der Waals surface area contributed by atoms with E-state index in [4.69, 9.17) is 4.98 Å². The number of rotatable bonds is 5. The highest BCUT2D eigenvalue weighted by molar-refractivity contribution is 7.99. The van der Waals surface area contributed by atoms with E-state index in [-0.39, 0.29) is 0 Å². The van der Waals surface area contributed by atoms with Crippen LogP contribution in [0.3, 0.4) is 0 Å². The van der Waals surface area contributed by atoms with Gasteiger partial charge >= 0.3 is 0 Å². The van der Waals surface area contributed by atoms with E-state index in [1.165, 1.54) is 29.0 Å². The molecule has 0 bridgehead atoms. The summed E-state index contributed by atoms with van der Waals surface area (Å²) in [7, 11) is 0. The normalized spacial score (nSPS) is 14.9. The predicted molar refractivity (Wildman–Crippen MR) is 88.2 cm³/mol. The van der Waals surface area contributed by atoms with E-state index < -0.39 is 0 Å². The van der Waals surface area contributed by atoms with Gasteiger partial charge in [-0.25, -0.2) is 4.98 Å². The first kappa shape index (κ1) is 13.4. The van der Waals surface area contributed by atoms with Crippen LogP contribution >= 0.6 is 23.1 Å². The lowest BCUT2D eigenvalue weighted by molar-refractivity contribution is 0.661. The molecule has 1 fully saturated rings. The number of fused-ring (bicyclic) bond motifs is 1. The van der Waals surface area contributed by atoms with Gasteiger partial charge in [-0.15, -0.1) is 11.3 Å². The Kier molecular flexibility index (Phi) is 3.49. The molecule has 0 saturated heterocycles. The highest BCUT2D eigenvalue weighted by Crippen LogP contribution is 2.34. The molecule has 0 aliphatic heterocycles. The van der Waals surface area contributed by atoms with Crippen LogP contribution in [0.1, 0.15) is 24.1 Å². The molecule has 1 N–H and O–H groups in total. The molecule has 108 valence electrons. The van der Waals surface area contributed by atoms with Crippen LogP contribution in [-0.4, -0.2) is 15.4 Å². The molecule has 3 nitrogen and oxygen atoms in total. The second-order valence-corrected chi connectivity index (χ2v) is 7.35. The topological polar surface area (TPSA) is 29.3 Å². The molecule has 0 radical (unpaired) electrons. The number of nitrogens with one attached hydrogen (secondary N) is 1. The lowest BCUT2D eigenvalue weighted by atomic mass is 10.2. The maximum absolute atomic E-state index is 4.81. The van der Waals surface area contributed by atoms with E-state index in [2.05, 4.69) is 52.5 Å². The van der Waals surface area contributed by atoms with E-state index in [0.29, 0.717) is 6.04 Å². The third-order valence-electron chi connectivity index (χ3n) is 3.76. The van der Waals surface area contributed by atoms with Gasteiger partial charge in [0, 0.05) is 29.1 Å². The average molecular weight is 315 g/mol. The van der Waals surface area contributed by atoms with Gasteiger partial charge in [-0.3, -0.25) is 4.40 Å². The van der Waals surface area contributed by atoms with Crippen molar-refractivity contribution in [3.8, 4) is 0 Å². The Morgan fingerprint density at radius 2 is 2.24 bits per heavy atom. The minimum absolute atomic E-state index is 0.713. The predicted octanol–water partition coefficient (Wildman–Crippen LogP) is 4.11. The van der Waals surface area contributed by atoms with Crippen LogP contribution in [-0.2, 0) is 6.54 Å². The number of imidazole rings is 1. The zero-order valence-corrected chi connectivity index (χ0v) is 13.5. The Morgan fingerprint density at radius 3 is 3.05 bits per heavy atom. The zero-order valence-electron chi connectivity index (χ0n) is 11.9. The molecular formula is C16H17N3S2. The van der Waals surface area contributed by atoms with Crippen LogP contribution in [0.4, 0.5) is 0 Å². The summed E-state index contributed by atoms with van der Waals surface area (Å²) in [5.74, 6) is 0. The van der Waals surface area contributed by atoms with Crippen molar-refractivity contribution in [3.63, 3.8) is 0 Å². The standard InChI is InChI=1S/C16H17N3S2/c1-11-4-2-3-5-14(11)21-15-13(10-17-12-6-7-12)19-8-9-20-16(19)18-15/h2-5,8-9,12,17H,6-7,10H2,1H3. The van der Waals surface area contributed by atoms with Crippen LogP contribution in [0.15, 0.2) is 45.8 Å². The summed E-state index contributed by atoms with van der Waals surface area (Å²) < 4.78 is 2.22. The van der Waals surface area contributed by atoms with Crippen LogP contribution in [0.2, 0.25) is 0 Å². The molecular weight excluding hydrogens is 298 g/mol. The van der Waals surface area contributed by atoms with Gasteiger partial charge in [-0.05, 0) is 31.4 Å². The van der Waals surface area contributed by atoms with Crippen molar-refractivity contribution in [1.29, 1.82) is 0 Å². The van der Waals surface area contributed by atoms with Crippen LogP contribution < -0.4 is 5.32 Å². The van der Waals surface area contributed by atoms with Crippen molar-refractivity contribution < 1.29 is 0 Å². The van der Waals surface area contributed by atoms with Gasteiger partial charge in [0.25, 0.3) is 0 Å². The maximum atomic E-state index is 4.81. The molecule has 2 aromatic heterocycles. The first-order valence-corrected chi connectivity index (χ1v) is 8.92. The van der Waals surface area contributed by atoms with Crippen molar-refractivity contribution in [2.24, 2.45) is 0 Å². The Hall–Kier alpha value is -1.30. The fraction of sp³-hybridized carbons (Fsp3) is 0.312. The van der Waals surface area contributed by atoms with Gasteiger partial charge in [-0.2, -0.15) is 0 Å². The van der Waals surface area contributed by atoms with E-state index in [1.54, 1.807) is 23.1 Å². The number of aryl methyl sites for hydroxylation is 1. The van der Waals surface area contributed by atoms with Gasteiger partial charge < -0.3 is 5.32 Å². The SMILES string of the molecule is Cc1ccccc1Sc1nc2sccn2c1CNC1CC1. The van der Waals surface area contributed by atoms with Gasteiger partial charge in [0.15, 0.2) is 4.96 Å². The van der Waals surface area contributed by atoms with E-state index >= 15 is 0 Å². The van der Waals surface area contributed by atoms with E-state index in [9.17, 15) is 0 Å². The lowest BCUT2D eigenvalue weighted by Crippen LogP contribution is -2.16. The fourth-order valence-corrected chi connectivity index (χ4v) is 4.15. The summed E-state index contributed by atoms with van der Waals surface area (Å²) in [6.07, 6.45) is 4.75. The molecule has 1 aliphatic carbocycles. The second-order valence-electron chi connectivity index (χ2n) is 5.44. The Balaban J connectivity index is 1.67. The number of aromatic nitrogens is 2. The molecule has 0 amide bonds. The van der Waals surface area contributed by atoms with E-state index in [1.807, 2.05) is 0 Å². The maximum Gasteiger partial charge on any atom is 0.194 e. The lowest BCUT2D eigenvalue weighted by Gasteiger charge is -2.07. The fourth-order valence-electron chi connectivity index (χ4n) is 2.36. The number of nitrogens with zero attached hydrogens (tertiary/aromatic N) is 2. The molecule has 2 heterocycles. The third kappa shape index (κ3) is 2.73. The first-order chi connectivity index (χ1) is 10.3. The van der Waals surface area contributed by atoms with Gasteiger partial charge in [-0.1, -0.05) is 30.0 Å². The van der Waals surface area contributed by atoms with Crippen molar-refractivity contribution in [2.45, 2.75) is 42.3 Å². The Morgan fingerprint density at radius 1 is 1.38 bits per heavy atom. The van der Waals surface area contributed by atoms with Gasteiger partial charge in [0.1, 0.15) is 5.03 Å². The molecule has 1 aromatic carbocycles. The molecule has 21 heavy (non-hydrogen) atoms. The summed E-state index contributed by atoms with van der Waals surface area (Å²) in [4.78, 5) is 7.18. The molecule has 0 unspecified atom stereocenters. The molecule has 4 rings (SSSR count). The van der Waals surface area contributed by atoms with Gasteiger partial charge in [0.2, 0.25) is 0 Å².